The van der Waals surface area contributed by atoms with E-state index in [4.69, 9.17) is 28.1 Å². The smallest absolute Gasteiger partial charge is 0.310 e. The number of ketones is 1. The lowest BCUT2D eigenvalue weighted by Crippen LogP contribution is -2.72. The first-order chi connectivity index (χ1) is 21.9. The van der Waals surface area contributed by atoms with Crippen LogP contribution in [0.2, 0.25) is 0 Å². The van der Waals surface area contributed by atoms with Crippen molar-refractivity contribution in [3.63, 3.8) is 0 Å². The van der Waals surface area contributed by atoms with Gasteiger partial charge in [0.1, 0.15) is 30.5 Å². The van der Waals surface area contributed by atoms with Crippen LogP contribution in [0.3, 0.4) is 0 Å². The molecule has 0 unspecified atom stereocenters. The molecule has 13 heteroatoms. The van der Waals surface area contributed by atoms with Crippen molar-refractivity contribution in [2.45, 2.75) is 103 Å². The molecule has 4 aliphatic rings. The normalized spacial score (nSPS) is 40.0. The summed E-state index contributed by atoms with van der Waals surface area (Å²) in [6.45, 7) is 13.7. The van der Waals surface area contributed by atoms with Gasteiger partial charge in [0.25, 0.3) is 6.47 Å². The highest BCUT2D eigenvalue weighted by atomic mass is 16.6. The standard InChI is InChI=1S/C34H42O13/c1-17(2)10-26(39)46-30-29(44-16-35)28(18(3)34(41)23(37)11-21(33(30,34)7)20-8-9-42-14-20)32(6)22-12-25(38)43-15-31(22,5)47-27(40)13-24(32)45-19(4)36/h8-9,14,16-17,21-22,24,28-30,41H,3,10-13,15H2,1-2,4-7H3/t21-,22-,24+,28+,29-,30-,31+,32+,33+,34+/m0/s1. The zero-order valence-electron chi connectivity index (χ0n) is 27.4. The Bertz CT molecular complexity index is 1480. The Morgan fingerprint density at radius 2 is 1.81 bits per heavy atom. The largest absolute Gasteiger partial charge is 0.472 e. The Morgan fingerprint density at radius 3 is 2.40 bits per heavy atom. The number of hydrogen-bond acceptors (Lipinski definition) is 13. The van der Waals surface area contributed by atoms with Gasteiger partial charge in [-0.3, -0.25) is 28.8 Å². The molecule has 1 aromatic heterocycles. The van der Waals surface area contributed by atoms with Gasteiger partial charge in [0.2, 0.25) is 0 Å². The summed E-state index contributed by atoms with van der Waals surface area (Å²) in [5.41, 5.74) is -6.68. The summed E-state index contributed by atoms with van der Waals surface area (Å²) in [5.74, 6) is -6.66. The van der Waals surface area contributed by atoms with Crippen LogP contribution in [0, 0.1) is 28.6 Å². The maximum absolute atomic E-state index is 14.2. The molecule has 10 atom stereocenters. The first-order valence-corrected chi connectivity index (χ1v) is 15.7. The number of rotatable bonds is 8. The van der Waals surface area contributed by atoms with Crippen molar-refractivity contribution >= 4 is 36.1 Å². The van der Waals surface area contributed by atoms with Gasteiger partial charge in [-0.05, 0) is 30.0 Å². The quantitative estimate of drug-likeness (QED) is 0.186. The number of hydrogen-bond donors (Lipinski definition) is 1. The number of Topliss-reactive ketones (excluding diaryl/α,β-unsaturated/α-hetero) is 1. The summed E-state index contributed by atoms with van der Waals surface area (Å²) in [5, 5.41) is 12.8. The summed E-state index contributed by atoms with van der Waals surface area (Å²) in [7, 11) is 0. The van der Waals surface area contributed by atoms with Crippen LogP contribution in [-0.2, 0) is 52.5 Å². The molecule has 1 aromatic rings. The molecule has 0 radical (unpaired) electrons. The second-order valence-electron chi connectivity index (χ2n) is 14.3. The van der Waals surface area contributed by atoms with E-state index in [-0.39, 0.29) is 43.8 Å². The van der Waals surface area contributed by atoms with Crippen LogP contribution in [0.25, 0.3) is 0 Å². The molecule has 47 heavy (non-hydrogen) atoms. The maximum Gasteiger partial charge on any atom is 0.310 e. The Labute approximate surface area is 272 Å². The summed E-state index contributed by atoms with van der Waals surface area (Å²) < 4.78 is 34.3. The van der Waals surface area contributed by atoms with E-state index in [1.165, 1.54) is 12.5 Å². The van der Waals surface area contributed by atoms with Crippen molar-refractivity contribution in [1.29, 1.82) is 0 Å². The summed E-state index contributed by atoms with van der Waals surface area (Å²) >= 11 is 0. The molecule has 1 N–H and O–H groups in total. The van der Waals surface area contributed by atoms with Crippen LogP contribution in [0.4, 0.5) is 0 Å². The fraction of sp³-hybridized carbons (Fsp3) is 0.647. The van der Waals surface area contributed by atoms with Crippen LogP contribution in [0.1, 0.15) is 78.7 Å². The van der Waals surface area contributed by atoms with Crippen LogP contribution >= 0.6 is 0 Å². The molecule has 0 aromatic carbocycles. The highest BCUT2D eigenvalue weighted by Gasteiger charge is 2.77. The molecule has 2 aliphatic carbocycles. The second-order valence-corrected chi connectivity index (χ2v) is 14.3. The highest BCUT2D eigenvalue weighted by molar-refractivity contribution is 5.96. The summed E-state index contributed by atoms with van der Waals surface area (Å²) in [6, 6.07) is 1.64. The summed E-state index contributed by atoms with van der Waals surface area (Å²) in [6.07, 6.45) is -2.44. The third-order valence-electron chi connectivity index (χ3n) is 11.1. The van der Waals surface area contributed by atoms with Crippen molar-refractivity contribution in [1.82, 2.24) is 0 Å². The Morgan fingerprint density at radius 1 is 1.11 bits per heavy atom. The minimum atomic E-state index is -2.39. The van der Waals surface area contributed by atoms with Crippen molar-refractivity contribution in [2.24, 2.45) is 28.6 Å². The van der Waals surface area contributed by atoms with Crippen molar-refractivity contribution in [3.05, 3.63) is 36.3 Å². The third-order valence-corrected chi connectivity index (χ3v) is 11.1. The Kier molecular flexibility index (Phi) is 8.70. The number of carbonyl (C=O) groups excluding carboxylic acids is 6. The Balaban J connectivity index is 1.81. The van der Waals surface area contributed by atoms with Gasteiger partial charge in [-0.15, -0.1) is 0 Å². The van der Waals surface area contributed by atoms with E-state index >= 15 is 0 Å². The van der Waals surface area contributed by atoms with Gasteiger partial charge in [-0.25, -0.2) is 0 Å². The molecule has 256 valence electrons. The topological polar surface area (TPSA) is 182 Å². The average molecular weight is 659 g/mol. The van der Waals surface area contributed by atoms with Crippen LogP contribution in [0.15, 0.2) is 35.2 Å². The number of carbonyl (C=O) groups is 6. The first-order valence-electron chi connectivity index (χ1n) is 15.7. The number of aliphatic hydroxyl groups is 1. The minimum Gasteiger partial charge on any atom is -0.472 e. The van der Waals surface area contributed by atoms with Gasteiger partial charge in [-0.1, -0.05) is 34.3 Å². The van der Waals surface area contributed by atoms with Crippen molar-refractivity contribution < 1.29 is 62.0 Å². The molecule has 2 aliphatic heterocycles. The van der Waals surface area contributed by atoms with Crippen LogP contribution < -0.4 is 0 Å². The van der Waals surface area contributed by atoms with E-state index in [1.54, 1.807) is 26.8 Å². The van der Waals surface area contributed by atoms with Gasteiger partial charge in [0.05, 0.1) is 30.8 Å². The number of fused-ring (bicyclic) bond motifs is 2. The zero-order valence-corrected chi connectivity index (χ0v) is 27.4. The predicted molar refractivity (Wildman–Crippen MR) is 159 cm³/mol. The van der Waals surface area contributed by atoms with Gasteiger partial charge >= 0.3 is 23.9 Å². The zero-order chi connectivity index (χ0) is 34.7. The molecule has 0 spiro atoms. The van der Waals surface area contributed by atoms with Gasteiger partial charge in [-0.2, -0.15) is 0 Å². The first kappa shape index (κ1) is 34.3. The predicted octanol–water partition coefficient (Wildman–Crippen LogP) is 2.97. The van der Waals surface area contributed by atoms with Crippen molar-refractivity contribution in [2.75, 3.05) is 6.61 Å². The highest BCUT2D eigenvalue weighted by Crippen LogP contribution is 2.68. The van der Waals surface area contributed by atoms with Crippen LogP contribution in [0.5, 0.6) is 0 Å². The third kappa shape index (κ3) is 5.17. The Hall–Kier alpha value is -4.00. The van der Waals surface area contributed by atoms with E-state index < -0.39 is 94.2 Å². The molecule has 13 nitrogen and oxygen atoms in total. The fourth-order valence-electron chi connectivity index (χ4n) is 8.99. The van der Waals surface area contributed by atoms with E-state index in [9.17, 15) is 33.9 Å². The molecular formula is C34H42O13. The number of esters is 4. The SMILES string of the molecule is C=C1[C@@H]([C@]2(C)[C@H]3CC(=O)OC[C@@]3(C)OC(=O)C[C@H]2OC(C)=O)[C@H](OC=O)[C@H](OC(=O)CC(C)C)[C@@]2(C)[C@H](c3ccoc3)CC(=O)[C@]12O. The lowest BCUT2D eigenvalue weighted by Gasteiger charge is -2.61. The fourth-order valence-corrected chi connectivity index (χ4v) is 8.99. The lowest BCUT2D eigenvalue weighted by molar-refractivity contribution is -0.240. The lowest BCUT2D eigenvalue weighted by atomic mass is 9.46. The summed E-state index contributed by atoms with van der Waals surface area (Å²) in [4.78, 5) is 78.8. The maximum atomic E-state index is 14.2. The molecule has 3 heterocycles. The monoisotopic (exact) mass is 658 g/mol. The van der Waals surface area contributed by atoms with E-state index in [1.807, 2.05) is 13.8 Å². The van der Waals surface area contributed by atoms with E-state index in [0.717, 1.165) is 6.92 Å². The second kappa shape index (κ2) is 11.9. The van der Waals surface area contributed by atoms with Crippen molar-refractivity contribution in [3.8, 4) is 0 Å². The molecule has 0 bridgehead atoms. The number of furan rings is 1. The molecule has 2 saturated heterocycles. The molecular weight excluding hydrogens is 616 g/mol. The molecule has 5 rings (SSSR count). The number of cyclic esters (lactones) is 1. The van der Waals surface area contributed by atoms with Gasteiger partial charge < -0.3 is 33.2 Å². The van der Waals surface area contributed by atoms with Gasteiger partial charge in [0, 0.05) is 42.9 Å². The minimum absolute atomic E-state index is 0.0308. The van der Waals surface area contributed by atoms with E-state index in [0.29, 0.717) is 5.56 Å². The molecule has 0 amide bonds. The van der Waals surface area contributed by atoms with Gasteiger partial charge in [0.15, 0.2) is 11.4 Å². The molecule has 4 fully saturated rings. The number of ether oxygens (including phenoxy) is 5. The van der Waals surface area contributed by atoms with Crippen LogP contribution in [-0.4, -0.2) is 77.4 Å². The van der Waals surface area contributed by atoms with E-state index in [2.05, 4.69) is 6.58 Å². The average Bonchev–Trinajstić information content (AvgIpc) is 3.56. The molecule has 2 saturated carbocycles.